The molecule has 0 aliphatic rings. The molecular weight excluding hydrogens is 286 g/mol. The molecule has 20 heavy (non-hydrogen) atoms. The number of benzene rings is 1. The number of rotatable bonds is 6. The Labute approximate surface area is 117 Å². The first kappa shape index (κ1) is 18.4. The fourth-order valence-corrected chi connectivity index (χ4v) is 1.51. The molecule has 0 amide bonds. The van der Waals surface area contributed by atoms with Gasteiger partial charge in [-0.15, -0.1) is 0 Å². The van der Waals surface area contributed by atoms with E-state index in [-0.39, 0.29) is 11.5 Å². The minimum Gasteiger partial charge on any atom is -0.394 e. The van der Waals surface area contributed by atoms with Gasteiger partial charge in [0.15, 0.2) is 0 Å². The molecule has 0 saturated carbocycles. The maximum Gasteiger partial charge on any atom is 0.294 e. The highest BCUT2D eigenvalue weighted by Gasteiger charge is 2.06. The Kier molecular flexibility index (Phi) is 9.35. The summed E-state index contributed by atoms with van der Waals surface area (Å²) in [6, 6.07) is 5.99. The first-order valence-corrected chi connectivity index (χ1v) is 7.09. The summed E-state index contributed by atoms with van der Waals surface area (Å²) in [6.45, 7) is 2.87. The molecule has 0 fully saturated rings. The Hall–Kier alpha value is -1.64. The van der Waals surface area contributed by atoms with Crippen molar-refractivity contribution >= 4 is 10.1 Å². The normalized spacial score (nSPS) is 10.2. The molecule has 1 rings (SSSR count). The minimum absolute atomic E-state index is 0.0102. The van der Waals surface area contributed by atoms with Gasteiger partial charge >= 0.3 is 0 Å². The number of ether oxygens (including phenoxy) is 1. The van der Waals surface area contributed by atoms with Crippen molar-refractivity contribution in [2.75, 3.05) is 26.4 Å². The summed E-state index contributed by atoms with van der Waals surface area (Å²) < 4.78 is 34.3. The standard InChI is InChI=1S/C7H8O3S.C4H9N3O2/c1-6-2-4-7(5-3-6)11(8,9)10;5-7-6-1-3-9-4-2-8/h2-5H,1H3,(H,8,9,10);8H,1-4H2. The molecular formula is C11H17N3O5S. The van der Waals surface area contributed by atoms with Gasteiger partial charge in [-0.05, 0) is 24.6 Å². The molecule has 9 heteroatoms. The fourth-order valence-electron chi connectivity index (χ4n) is 1.03. The molecule has 0 radical (unpaired) electrons. The molecule has 0 heterocycles. The third-order valence-corrected chi connectivity index (χ3v) is 2.82. The van der Waals surface area contributed by atoms with Gasteiger partial charge in [0.1, 0.15) is 0 Å². The number of azide groups is 1. The van der Waals surface area contributed by atoms with Crippen molar-refractivity contribution in [3.05, 3.63) is 40.3 Å². The smallest absolute Gasteiger partial charge is 0.294 e. The van der Waals surface area contributed by atoms with Crippen LogP contribution in [0.15, 0.2) is 34.3 Å². The van der Waals surface area contributed by atoms with E-state index < -0.39 is 10.1 Å². The highest BCUT2D eigenvalue weighted by molar-refractivity contribution is 7.85. The van der Waals surface area contributed by atoms with Gasteiger partial charge in [-0.1, -0.05) is 22.8 Å². The first-order valence-electron chi connectivity index (χ1n) is 5.65. The average Bonchev–Trinajstić information content (AvgIpc) is 2.39. The number of hydrogen-bond donors (Lipinski definition) is 2. The molecule has 0 spiro atoms. The molecule has 0 atom stereocenters. The van der Waals surface area contributed by atoms with Gasteiger partial charge in [0, 0.05) is 11.5 Å². The summed E-state index contributed by atoms with van der Waals surface area (Å²) >= 11 is 0. The van der Waals surface area contributed by atoms with Crippen LogP contribution in [-0.4, -0.2) is 44.4 Å². The van der Waals surface area contributed by atoms with Gasteiger partial charge in [-0.2, -0.15) is 8.42 Å². The van der Waals surface area contributed by atoms with Gasteiger partial charge in [0.25, 0.3) is 10.1 Å². The van der Waals surface area contributed by atoms with Gasteiger partial charge in [0.05, 0.1) is 24.7 Å². The van der Waals surface area contributed by atoms with E-state index >= 15 is 0 Å². The predicted molar refractivity (Wildman–Crippen MR) is 72.9 cm³/mol. The van der Waals surface area contributed by atoms with Crippen LogP contribution in [0.5, 0.6) is 0 Å². The van der Waals surface area contributed by atoms with Crippen LogP contribution in [0, 0.1) is 6.92 Å². The van der Waals surface area contributed by atoms with Crippen molar-refractivity contribution in [2.45, 2.75) is 11.8 Å². The van der Waals surface area contributed by atoms with E-state index in [9.17, 15) is 8.42 Å². The summed E-state index contributed by atoms with van der Waals surface area (Å²) in [5.41, 5.74) is 8.73. The largest absolute Gasteiger partial charge is 0.394 e. The topological polar surface area (TPSA) is 133 Å². The Balaban J connectivity index is 0.000000370. The molecule has 0 saturated heterocycles. The van der Waals surface area contributed by atoms with Crippen molar-refractivity contribution in [1.29, 1.82) is 0 Å². The fraction of sp³-hybridized carbons (Fsp3) is 0.455. The summed E-state index contributed by atoms with van der Waals surface area (Å²) in [6.07, 6.45) is 0. The van der Waals surface area contributed by atoms with Gasteiger partial charge < -0.3 is 9.84 Å². The van der Waals surface area contributed by atoms with Crippen molar-refractivity contribution in [1.82, 2.24) is 0 Å². The molecule has 2 N–H and O–H groups in total. The van der Waals surface area contributed by atoms with E-state index in [4.69, 9.17) is 19.9 Å². The molecule has 1 aromatic carbocycles. The molecule has 8 nitrogen and oxygen atoms in total. The highest BCUT2D eigenvalue weighted by Crippen LogP contribution is 2.08. The minimum atomic E-state index is -4.02. The number of aliphatic hydroxyl groups is 1. The first-order chi connectivity index (χ1) is 9.41. The second-order valence-electron chi connectivity index (χ2n) is 3.58. The highest BCUT2D eigenvalue weighted by atomic mass is 32.2. The zero-order chi connectivity index (χ0) is 15.4. The van der Waals surface area contributed by atoms with Crippen molar-refractivity contribution in [3.8, 4) is 0 Å². The maximum atomic E-state index is 10.5. The van der Waals surface area contributed by atoms with E-state index in [1.165, 1.54) is 12.1 Å². The summed E-state index contributed by atoms with van der Waals surface area (Å²) in [7, 11) is -4.02. The predicted octanol–water partition coefficient (Wildman–Crippen LogP) is 1.55. The molecule has 0 aliphatic heterocycles. The summed E-state index contributed by atoms with van der Waals surface area (Å²) in [4.78, 5) is 2.45. The van der Waals surface area contributed by atoms with Gasteiger partial charge in [0.2, 0.25) is 0 Å². The van der Waals surface area contributed by atoms with Crippen LogP contribution in [0.1, 0.15) is 5.56 Å². The number of aryl methyl sites for hydroxylation is 1. The lowest BCUT2D eigenvalue weighted by Crippen LogP contribution is -2.02. The van der Waals surface area contributed by atoms with E-state index in [1.807, 2.05) is 6.92 Å². The molecule has 0 aromatic heterocycles. The van der Waals surface area contributed by atoms with E-state index in [2.05, 4.69) is 10.0 Å². The van der Waals surface area contributed by atoms with Crippen LogP contribution >= 0.6 is 0 Å². The zero-order valence-corrected chi connectivity index (χ0v) is 11.8. The Morgan fingerprint density at radius 1 is 1.30 bits per heavy atom. The lowest BCUT2D eigenvalue weighted by molar-refractivity contribution is 0.0976. The molecule has 0 aliphatic carbocycles. The van der Waals surface area contributed by atoms with Crippen LogP contribution in [0.4, 0.5) is 0 Å². The SMILES string of the molecule is Cc1ccc(S(=O)(=O)O)cc1.[N-]=[N+]=NCCOCCO. The Morgan fingerprint density at radius 3 is 2.35 bits per heavy atom. The lowest BCUT2D eigenvalue weighted by atomic mass is 10.2. The van der Waals surface area contributed by atoms with Crippen molar-refractivity contribution in [2.24, 2.45) is 5.11 Å². The summed E-state index contributed by atoms with van der Waals surface area (Å²) in [5.74, 6) is 0. The monoisotopic (exact) mass is 303 g/mol. The lowest BCUT2D eigenvalue weighted by Gasteiger charge is -1.95. The van der Waals surface area contributed by atoms with Crippen molar-refractivity contribution in [3.63, 3.8) is 0 Å². The Morgan fingerprint density at radius 2 is 1.90 bits per heavy atom. The van der Waals surface area contributed by atoms with Crippen LogP contribution < -0.4 is 0 Å². The van der Waals surface area contributed by atoms with E-state index in [1.54, 1.807) is 12.1 Å². The average molecular weight is 303 g/mol. The second kappa shape index (κ2) is 10.2. The van der Waals surface area contributed by atoms with E-state index in [0.29, 0.717) is 19.8 Å². The molecule has 112 valence electrons. The molecule has 0 bridgehead atoms. The Bertz CT molecular complexity index is 523. The van der Waals surface area contributed by atoms with E-state index in [0.717, 1.165) is 5.56 Å². The third-order valence-electron chi connectivity index (χ3n) is 1.95. The number of nitrogens with zero attached hydrogens (tertiary/aromatic N) is 3. The number of aliphatic hydroxyl groups excluding tert-OH is 1. The van der Waals surface area contributed by atoms with Crippen LogP contribution in [0.3, 0.4) is 0 Å². The quantitative estimate of drug-likeness (QED) is 0.270. The third kappa shape index (κ3) is 9.31. The van der Waals surface area contributed by atoms with Gasteiger partial charge in [-0.3, -0.25) is 4.55 Å². The zero-order valence-electron chi connectivity index (χ0n) is 11.0. The summed E-state index contributed by atoms with van der Waals surface area (Å²) in [5, 5.41) is 11.4. The molecule has 0 unspecified atom stereocenters. The van der Waals surface area contributed by atoms with Crippen LogP contribution in [0.2, 0.25) is 0 Å². The molecule has 1 aromatic rings. The number of hydrogen-bond acceptors (Lipinski definition) is 5. The van der Waals surface area contributed by atoms with Gasteiger partial charge in [-0.25, -0.2) is 0 Å². The van der Waals surface area contributed by atoms with Crippen LogP contribution in [-0.2, 0) is 14.9 Å². The van der Waals surface area contributed by atoms with Crippen LogP contribution in [0.25, 0.3) is 10.4 Å². The second-order valence-corrected chi connectivity index (χ2v) is 5.00. The maximum absolute atomic E-state index is 10.5. The van der Waals surface area contributed by atoms with Crippen molar-refractivity contribution < 1.29 is 22.8 Å².